The van der Waals surface area contributed by atoms with Gasteiger partial charge in [-0.1, -0.05) is 56.3 Å². The number of carbonyl (C=O) groups is 1. The van der Waals surface area contributed by atoms with Gasteiger partial charge in [0.25, 0.3) is 5.91 Å². The van der Waals surface area contributed by atoms with Crippen molar-refractivity contribution in [2.75, 3.05) is 32.8 Å². The lowest BCUT2D eigenvalue weighted by Crippen LogP contribution is -2.35. The molecule has 1 aliphatic rings. The molecule has 1 fully saturated rings. The van der Waals surface area contributed by atoms with Crippen molar-refractivity contribution >= 4 is 5.91 Å². The van der Waals surface area contributed by atoms with E-state index in [-0.39, 0.29) is 5.91 Å². The molecule has 0 spiro atoms. The fourth-order valence-electron chi connectivity index (χ4n) is 3.57. The number of hydrogen-bond acceptors (Lipinski definition) is 3. The second-order valence-corrected chi connectivity index (χ2v) is 7.56. The molecule has 0 saturated carbocycles. The molecule has 0 radical (unpaired) electrons. The maximum atomic E-state index is 12.7. The number of morpholine rings is 1. The van der Waals surface area contributed by atoms with Crippen molar-refractivity contribution in [3.63, 3.8) is 0 Å². The van der Waals surface area contributed by atoms with Gasteiger partial charge in [-0.2, -0.15) is 0 Å². The molecule has 27 heavy (non-hydrogen) atoms. The van der Waals surface area contributed by atoms with Crippen molar-refractivity contribution in [1.82, 2.24) is 10.2 Å². The smallest absolute Gasteiger partial charge is 0.251 e. The summed E-state index contributed by atoms with van der Waals surface area (Å²) in [4.78, 5) is 15.1. The van der Waals surface area contributed by atoms with Crippen molar-refractivity contribution in [2.45, 2.75) is 26.3 Å². The van der Waals surface area contributed by atoms with E-state index in [2.05, 4.69) is 54.4 Å². The van der Waals surface area contributed by atoms with E-state index in [9.17, 15) is 4.79 Å². The molecule has 3 rings (SSSR count). The molecule has 1 atom stereocenters. The largest absolute Gasteiger partial charge is 0.379 e. The average Bonchev–Trinajstić information content (AvgIpc) is 2.69. The lowest BCUT2D eigenvalue weighted by Gasteiger charge is -2.26. The van der Waals surface area contributed by atoms with Gasteiger partial charge in [0.1, 0.15) is 0 Å². The summed E-state index contributed by atoms with van der Waals surface area (Å²) in [7, 11) is 0. The van der Waals surface area contributed by atoms with Gasteiger partial charge in [0.05, 0.1) is 13.2 Å². The van der Waals surface area contributed by atoms with Crippen LogP contribution in [-0.4, -0.2) is 43.7 Å². The lowest BCUT2D eigenvalue weighted by molar-refractivity contribution is 0.0342. The average molecular weight is 367 g/mol. The molecule has 4 heteroatoms. The highest BCUT2D eigenvalue weighted by Gasteiger charge is 2.17. The molecular formula is C23H30N2O2. The first-order valence-corrected chi connectivity index (χ1v) is 9.85. The molecule has 1 amide bonds. The maximum absolute atomic E-state index is 12.7. The maximum Gasteiger partial charge on any atom is 0.251 e. The molecule has 0 aromatic heterocycles. The van der Waals surface area contributed by atoms with Crippen LogP contribution in [0.25, 0.3) is 0 Å². The van der Waals surface area contributed by atoms with Gasteiger partial charge in [0.15, 0.2) is 0 Å². The van der Waals surface area contributed by atoms with Crippen molar-refractivity contribution in [3.05, 3.63) is 71.3 Å². The van der Waals surface area contributed by atoms with E-state index >= 15 is 0 Å². The standard InChI is InChI=1S/C23H30N2O2/c1-18(2)22(20-8-4-3-5-9-20)16-24-23(26)21-10-6-7-19(15-21)17-25-11-13-27-14-12-25/h3-10,15,18,22H,11-14,16-17H2,1-2H3,(H,24,26). The Hall–Kier alpha value is -2.17. The van der Waals surface area contributed by atoms with E-state index in [1.165, 1.54) is 11.1 Å². The van der Waals surface area contributed by atoms with Gasteiger partial charge < -0.3 is 10.1 Å². The molecule has 144 valence electrons. The Morgan fingerprint density at radius 3 is 2.52 bits per heavy atom. The van der Waals surface area contributed by atoms with Gasteiger partial charge in [-0.15, -0.1) is 0 Å². The number of carbonyl (C=O) groups excluding carboxylic acids is 1. The highest BCUT2D eigenvalue weighted by molar-refractivity contribution is 5.94. The third-order valence-corrected chi connectivity index (χ3v) is 5.21. The van der Waals surface area contributed by atoms with Crippen LogP contribution in [0.4, 0.5) is 0 Å². The number of amides is 1. The van der Waals surface area contributed by atoms with Crippen molar-refractivity contribution in [1.29, 1.82) is 0 Å². The van der Waals surface area contributed by atoms with Crippen LogP contribution >= 0.6 is 0 Å². The van der Waals surface area contributed by atoms with Gasteiger partial charge >= 0.3 is 0 Å². The van der Waals surface area contributed by atoms with E-state index in [0.29, 0.717) is 18.4 Å². The molecule has 0 bridgehead atoms. The molecule has 1 saturated heterocycles. The minimum Gasteiger partial charge on any atom is -0.379 e. The van der Waals surface area contributed by atoms with Gasteiger partial charge in [0.2, 0.25) is 0 Å². The van der Waals surface area contributed by atoms with E-state index < -0.39 is 0 Å². The fraction of sp³-hybridized carbons (Fsp3) is 0.435. The van der Waals surface area contributed by atoms with E-state index in [4.69, 9.17) is 4.74 Å². The van der Waals surface area contributed by atoms with Crippen molar-refractivity contribution < 1.29 is 9.53 Å². The van der Waals surface area contributed by atoms with E-state index in [1.807, 2.05) is 24.3 Å². The number of benzene rings is 2. The molecule has 4 nitrogen and oxygen atoms in total. The molecule has 1 aliphatic heterocycles. The summed E-state index contributed by atoms with van der Waals surface area (Å²) < 4.78 is 5.40. The summed E-state index contributed by atoms with van der Waals surface area (Å²) >= 11 is 0. The first kappa shape index (κ1) is 19.6. The normalized spacial score (nSPS) is 16.3. The zero-order valence-corrected chi connectivity index (χ0v) is 16.4. The van der Waals surface area contributed by atoms with Crippen LogP contribution in [0.5, 0.6) is 0 Å². The highest BCUT2D eigenvalue weighted by Crippen LogP contribution is 2.23. The molecule has 0 aliphatic carbocycles. The second kappa shape index (κ2) is 9.67. The first-order chi connectivity index (χ1) is 13.1. The zero-order chi connectivity index (χ0) is 19.1. The Bertz CT molecular complexity index is 724. The van der Waals surface area contributed by atoms with Crippen LogP contribution in [0.15, 0.2) is 54.6 Å². The zero-order valence-electron chi connectivity index (χ0n) is 16.4. The Kier molecular flexibility index (Phi) is 7.02. The summed E-state index contributed by atoms with van der Waals surface area (Å²) in [5.74, 6) is 0.771. The Morgan fingerprint density at radius 2 is 1.81 bits per heavy atom. The number of nitrogens with one attached hydrogen (secondary N) is 1. The topological polar surface area (TPSA) is 41.6 Å². The minimum atomic E-state index is 0.000378. The number of ether oxygens (including phenoxy) is 1. The van der Waals surface area contributed by atoms with Gasteiger partial charge in [-0.25, -0.2) is 0 Å². The number of nitrogens with zero attached hydrogens (tertiary/aromatic N) is 1. The minimum absolute atomic E-state index is 0.000378. The number of rotatable bonds is 7. The van der Waals surface area contributed by atoms with Crippen LogP contribution < -0.4 is 5.32 Å². The molecular weight excluding hydrogens is 336 g/mol. The summed E-state index contributed by atoms with van der Waals surface area (Å²) in [6.45, 7) is 9.39. The Morgan fingerprint density at radius 1 is 1.07 bits per heavy atom. The summed E-state index contributed by atoms with van der Waals surface area (Å²) in [6.07, 6.45) is 0. The predicted molar refractivity (Wildman–Crippen MR) is 109 cm³/mol. The van der Waals surface area contributed by atoms with Crippen LogP contribution in [0.3, 0.4) is 0 Å². The van der Waals surface area contributed by atoms with Gasteiger partial charge in [-0.05, 0) is 29.2 Å². The fourth-order valence-corrected chi connectivity index (χ4v) is 3.57. The van der Waals surface area contributed by atoms with Gasteiger partial charge in [0, 0.05) is 37.7 Å². The second-order valence-electron chi connectivity index (χ2n) is 7.56. The monoisotopic (exact) mass is 366 g/mol. The van der Waals surface area contributed by atoms with Gasteiger partial charge in [-0.3, -0.25) is 9.69 Å². The van der Waals surface area contributed by atoms with Crippen LogP contribution in [0, 0.1) is 5.92 Å². The number of hydrogen-bond donors (Lipinski definition) is 1. The van der Waals surface area contributed by atoms with E-state index in [0.717, 1.165) is 38.4 Å². The Balaban J connectivity index is 1.61. The third kappa shape index (κ3) is 5.65. The molecule has 1 N–H and O–H groups in total. The SMILES string of the molecule is CC(C)C(CNC(=O)c1cccc(CN2CCOCC2)c1)c1ccccc1. The third-order valence-electron chi connectivity index (χ3n) is 5.21. The van der Waals surface area contributed by atoms with Crippen molar-refractivity contribution in [2.24, 2.45) is 5.92 Å². The highest BCUT2D eigenvalue weighted by atomic mass is 16.5. The Labute approximate surface area is 162 Å². The predicted octanol–water partition coefficient (Wildman–Crippen LogP) is 3.69. The molecule has 2 aromatic rings. The first-order valence-electron chi connectivity index (χ1n) is 9.85. The quantitative estimate of drug-likeness (QED) is 0.813. The lowest BCUT2D eigenvalue weighted by atomic mass is 9.88. The van der Waals surface area contributed by atoms with Crippen LogP contribution in [0.1, 0.15) is 41.3 Å². The summed E-state index contributed by atoms with van der Waals surface area (Å²) in [6, 6.07) is 18.4. The van der Waals surface area contributed by atoms with Crippen LogP contribution in [0.2, 0.25) is 0 Å². The molecule has 1 heterocycles. The summed E-state index contributed by atoms with van der Waals surface area (Å²) in [5.41, 5.74) is 3.18. The summed E-state index contributed by atoms with van der Waals surface area (Å²) in [5, 5.41) is 3.14. The van der Waals surface area contributed by atoms with E-state index in [1.54, 1.807) is 0 Å². The van der Waals surface area contributed by atoms with Crippen molar-refractivity contribution in [3.8, 4) is 0 Å². The molecule has 2 aromatic carbocycles. The van der Waals surface area contributed by atoms with Crippen LogP contribution in [-0.2, 0) is 11.3 Å². The molecule has 1 unspecified atom stereocenters.